The summed E-state index contributed by atoms with van der Waals surface area (Å²) in [5.74, 6) is 0.575. The van der Waals surface area contributed by atoms with Crippen LogP contribution < -0.4 is 10.9 Å². The van der Waals surface area contributed by atoms with E-state index in [0.717, 1.165) is 16.8 Å². The summed E-state index contributed by atoms with van der Waals surface area (Å²) >= 11 is 0. The Kier molecular flexibility index (Phi) is 4.53. The van der Waals surface area contributed by atoms with Gasteiger partial charge in [-0.25, -0.2) is 4.68 Å². The molecule has 1 amide bonds. The molecule has 0 fully saturated rings. The van der Waals surface area contributed by atoms with Gasteiger partial charge in [-0.3, -0.25) is 9.59 Å². The zero-order valence-corrected chi connectivity index (χ0v) is 14.9. The smallest absolute Gasteiger partial charge is 0.266 e. The molecular formula is C19H19N5O3. The number of carbonyl (C=O) groups is 1. The summed E-state index contributed by atoms with van der Waals surface area (Å²) in [6.45, 7) is 0.177. The molecule has 8 heteroatoms. The van der Waals surface area contributed by atoms with Gasteiger partial charge in [0.25, 0.3) is 5.56 Å². The van der Waals surface area contributed by atoms with E-state index in [4.69, 9.17) is 4.52 Å². The van der Waals surface area contributed by atoms with Gasteiger partial charge in [-0.05, 0) is 24.8 Å². The lowest BCUT2D eigenvalue weighted by Crippen LogP contribution is -2.35. The number of carbonyl (C=O) groups excluding carboxylic acids is 1. The molecule has 1 aromatic carbocycles. The van der Waals surface area contributed by atoms with E-state index in [9.17, 15) is 9.59 Å². The second-order valence-electron chi connectivity index (χ2n) is 6.61. The van der Waals surface area contributed by atoms with Crippen LogP contribution in [0.3, 0.4) is 0 Å². The van der Waals surface area contributed by atoms with Crippen LogP contribution in [0.15, 0.2) is 45.7 Å². The van der Waals surface area contributed by atoms with Crippen LogP contribution in [0.5, 0.6) is 0 Å². The largest absolute Gasteiger partial charge is 0.347 e. The number of hydrogen-bond donors (Lipinski definition) is 1. The van der Waals surface area contributed by atoms with Crippen molar-refractivity contribution >= 4 is 5.91 Å². The van der Waals surface area contributed by atoms with Gasteiger partial charge >= 0.3 is 0 Å². The van der Waals surface area contributed by atoms with Crippen LogP contribution in [0.25, 0.3) is 11.4 Å². The van der Waals surface area contributed by atoms with Crippen molar-refractivity contribution in [3.05, 3.63) is 63.9 Å². The number of amides is 1. The lowest BCUT2D eigenvalue weighted by molar-refractivity contribution is -0.125. The van der Waals surface area contributed by atoms with E-state index in [-0.39, 0.29) is 23.9 Å². The molecule has 0 spiro atoms. The van der Waals surface area contributed by atoms with Crippen LogP contribution in [0.1, 0.15) is 23.6 Å². The third-order valence-corrected chi connectivity index (χ3v) is 4.74. The summed E-state index contributed by atoms with van der Waals surface area (Å²) in [4.78, 5) is 28.6. The van der Waals surface area contributed by atoms with Gasteiger partial charge in [-0.2, -0.15) is 10.1 Å². The van der Waals surface area contributed by atoms with E-state index in [2.05, 4.69) is 20.6 Å². The number of aryl methyl sites for hydroxylation is 2. The maximum Gasteiger partial charge on any atom is 0.266 e. The predicted molar refractivity (Wildman–Crippen MR) is 96.6 cm³/mol. The normalized spacial score (nSPS) is 16.0. The highest BCUT2D eigenvalue weighted by molar-refractivity contribution is 5.79. The highest BCUT2D eigenvalue weighted by Crippen LogP contribution is 2.23. The van der Waals surface area contributed by atoms with E-state index in [1.54, 1.807) is 13.1 Å². The minimum absolute atomic E-state index is 0.0826. The molecule has 2 heterocycles. The quantitative estimate of drug-likeness (QED) is 0.746. The third-order valence-electron chi connectivity index (χ3n) is 4.74. The van der Waals surface area contributed by atoms with Crippen LogP contribution in [-0.4, -0.2) is 25.8 Å². The van der Waals surface area contributed by atoms with Crippen molar-refractivity contribution in [2.45, 2.75) is 25.8 Å². The van der Waals surface area contributed by atoms with E-state index in [1.807, 2.05) is 30.3 Å². The zero-order valence-electron chi connectivity index (χ0n) is 14.9. The number of aromatic nitrogens is 4. The van der Waals surface area contributed by atoms with Gasteiger partial charge in [-0.1, -0.05) is 35.5 Å². The zero-order chi connectivity index (χ0) is 18.8. The first kappa shape index (κ1) is 17.1. The van der Waals surface area contributed by atoms with Gasteiger partial charge in [0.1, 0.15) is 0 Å². The Labute approximate surface area is 155 Å². The molecule has 27 heavy (non-hydrogen) atoms. The molecule has 8 nitrogen and oxygen atoms in total. The molecule has 1 aliphatic rings. The summed E-state index contributed by atoms with van der Waals surface area (Å²) in [6, 6.07) is 11.1. The number of fused-ring (bicyclic) bond motifs is 1. The molecule has 2 aromatic heterocycles. The summed E-state index contributed by atoms with van der Waals surface area (Å²) < 4.78 is 6.54. The molecule has 1 unspecified atom stereocenters. The minimum Gasteiger partial charge on any atom is -0.347 e. The van der Waals surface area contributed by atoms with Crippen molar-refractivity contribution < 1.29 is 9.32 Å². The van der Waals surface area contributed by atoms with E-state index >= 15 is 0 Å². The van der Waals surface area contributed by atoms with E-state index in [0.29, 0.717) is 31.0 Å². The number of rotatable bonds is 4. The van der Waals surface area contributed by atoms with E-state index < -0.39 is 0 Å². The molecule has 1 N–H and O–H groups in total. The molecule has 0 radical (unpaired) electrons. The van der Waals surface area contributed by atoms with Gasteiger partial charge in [0, 0.05) is 24.6 Å². The van der Waals surface area contributed by atoms with Crippen LogP contribution in [-0.2, 0) is 31.2 Å². The maximum atomic E-state index is 12.5. The second-order valence-corrected chi connectivity index (χ2v) is 6.61. The SMILES string of the molecule is Cn1nc2c(cc1=O)CC(C(=O)NCc1nc(-c3ccccc3)no1)CC2. The molecule has 0 saturated carbocycles. The van der Waals surface area contributed by atoms with Crippen molar-refractivity contribution in [1.29, 1.82) is 0 Å². The second kappa shape index (κ2) is 7.14. The van der Waals surface area contributed by atoms with Crippen molar-refractivity contribution in [2.75, 3.05) is 0 Å². The topological polar surface area (TPSA) is 103 Å². The van der Waals surface area contributed by atoms with Gasteiger partial charge in [0.05, 0.1) is 12.2 Å². The Hall–Kier alpha value is -3.29. The lowest BCUT2D eigenvalue weighted by Gasteiger charge is -2.22. The predicted octanol–water partition coefficient (Wildman–Crippen LogP) is 1.25. The Balaban J connectivity index is 1.38. The van der Waals surface area contributed by atoms with Crippen LogP contribution in [0.4, 0.5) is 0 Å². The highest BCUT2D eigenvalue weighted by Gasteiger charge is 2.26. The molecule has 0 bridgehead atoms. The molecule has 3 aromatic rings. The van der Waals surface area contributed by atoms with Crippen LogP contribution in [0, 0.1) is 5.92 Å². The number of nitrogens with one attached hydrogen (secondary N) is 1. The minimum atomic E-state index is -0.192. The number of benzene rings is 1. The summed E-state index contributed by atoms with van der Waals surface area (Å²) in [5.41, 5.74) is 2.45. The van der Waals surface area contributed by atoms with Crippen LogP contribution >= 0.6 is 0 Å². The monoisotopic (exact) mass is 365 g/mol. The van der Waals surface area contributed by atoms with Gasteiger partial charge in [0.2, 0.25) is 17.6 Å². The van der Waals surface area contributed by atoms with Gasteiger partial charge < -0.3 is 9.84 Å². The lowest BCUT2D eigenvalue weighted by atomic mass is 9.86. The average Bonchev–Trinajstić information content (AvgIpc) is 3.16. The van der Waals surface area contributed by atoms with Gasteiger partial charge in [0.15, 0.2) is 0 Å². The van der Waals surface area contributed by atoms with Crippen molar-refractivity contribution in [3.8, 4) is 11.4 Å². The average molecular weight is 365 g/mol. The standard InChI is InChI=1S/C19H19N5O3/c1-24-17(25)10-14-9-13(7-8-15(14)22-24)19(26)20-11-16-21-18(23-27-16)12-5-3-2-4-6-12/h2-6,10,13H,7-9,11H2,1H3,(H,20,26). The number of nitrogens with zero attached hydrogens (tertiary/aromatic N) is 4. The van der Waals surface area contributed by atoms with Crippen LogP contribution in [0.2, 0.25) is 0 Å². The number of hydrogen-bond acceptors (Lipinski definition) is 6. The highest BCUT2D eigenvalue weighted by atomic mass is 16.5. The van der Waals surface area contributed by atoms with E-state index in [1.165, 1.54) is 4.68 Å². The van der Waals surface area contributed by atoms with Crippen molar-refractivity contribution in [3.63, 3.8) is 0 Å². The van der Waals surface area contributed by atoms with Crippen molar-refractivity contribution in [2.24, 2.45) is 13.0 Å². The molecule has 4 rings (SSSR count). The fraction of sp³-hybridized carbons (Fsp3) is 0.316. The maximum absolute atomic E-state index is 12.5. The molecule has 1 atom stereocenters. The van der Waals surface area contributed by atoms with Crippen molar-refractivity contribution in [1.82, 2.24) is 25.2 Å². The first-order valence-electron chi connectivity index (χ1n) is 8.82. The Bertz CT molecular complexity index is 1030. The summed E-state index contributed by atoms with van der Waals surface area (Å²) in [6.07, 6.45) is 1.90. The third kappa shape index (κ3) is 3.64. The Morgan fingerprint density at radius 3 is 2.96 bits per heavy atom. The molecule has 0 aliphatic heterocycles. The first-order valence-corrected chi connectivity index (χ1v) is 8.82. The fourth-order valence-electron chi connectivity index (χ4n) is 3.25. The Morgan fingerprint density at radius 2 is 2.15 bits per heavy atom. The molecule has 0 saturated heterocycles. The van der Waals surface area contributed by atoms with Gasteiger partial charge in [-0.15, -0.1) is 0 Å². The molecular weight excluding hydrogens is 346 g/mol. The summed E-state index contributed by atoms with van der Waals surface area (Å²) in [5, 5.41) is 11.1. The fourth-order valence-corrected chi connectivity index (χ4v) is 3.25. The summed E-state index contributed by atoms with van der Waals surface area (Å²) in [7, 11) is 1.63. The first-order chi connectivity index (χ1) is 13.1. The molecule has 1 aliphatic carbocycles. The molecule has 138 valence electrons. The Morgan fingerprint density at radius 1 is 1.33 bits per heavy atom.